The highest BCUT2D eigenvalue weighted by Crippen LogP contribution is 2.30. The Morgan fingerprint density at radius 1 is 1.31 bits per heavy atom. The van der Waals surface area contributed by atoms with Crippen LogP contribution in [0.4, 0.5) is 0 Å². The quantitative estimate of drug-likeness (QED) is 0.806. The van der Waals surface area contributed by atoms with Gasteiger partial charge in [0.05, 0.1) is 0 Å². The highest BCUT2D eigenvalue weighted by atomic mass is 32.2. The summed E-state index contributed by atoms with van der Waals surface area (Å²) in [6.45, 7) is 6.82. The lowest BCUT2D eigenvalue weighted by molar-refractivity contribution is 0.225. The maximum atomic E-state index is 11.1. The molecule has 3 heteroatoms. The maximum Gasteiger partial charge on any atom is 0.0383 e. The molecule has 1 aliphatic carbocycles. The second kappa shape index (κ2) is 6.75. The van der Waals surface area contributed by atoms with Gasteiger partial charge < -0.3 is 5.32 Å². The van der Waals surface area contributed by atoms with Crippen LogP contribution in [0.3, 0.4) is 0 Å². The molecule has 16 heavy (non-hydrogen) atoms. The van der Waals surface area contributed by atoms with Gasteiger partial charge in [-0.05, 0) is 31.6 Å². The van der Waals surface area contributed by atoms with Gasteiger partial charge >= 0.3 is 0 Å². The van der Waals surface area contributed by atoms with Crippen LogP contribution in [0.15, 0.2) is 0 Å². The second-order valence-corrected chi connectivity index (χ2v) is 7.15. The average Bonchev–Trinajstić information content (AvgIpc) is 2.16. The van der Waals surface area contributed by atoms with Crippen LogP contribution in [0, 0.1) is 11.8 Å². The third-order valence-corrected chi connectivity index (χ3v) is 4.63. The van der Waals surface area contributed by atoms with E-state index in [1.807, 2.05) is 0 Å². The Bertz CT molecular complexity index is 230. The Kier molecular flexibility index (Phi) is 5.98. The lowest BCUT2D eigenvalue weighted by Crippen LogP contribution is -2.42. The highest BCUT2D eigenvalue weighted by molar-refractivity contribution is 7.84. The lowest BCUT2D eigenvalue weighted by atomic mass is 9.79. The third kappa shape index (κ3) is 4.96. The summed E-state index contributed by atoms with van der Waals surface area (Å²) in [6, 6.07) is 1.04. The summed E-state index contributed by atoms with van der Waals surface area (Å²) < 4.78 is 11.1. The van der Waals surface area contributed by atoms with Gasteiger partial charge in [0.25, 0.3) is 0 Å². The third-order valence-electron chi connectivity index (χ3n) is 3.66. The van der Waals surface area contributed by atoms with Gasteiger partial charge in [-0.25, -0.2) is 0 Å². The molecule has 0 radical (unpaired) electrons. The first-order valence-corrected chi connectivity index (χ1v) is 8.27. The van der Waals surface area contributed by atoms with Crippen molar-refractivity contribution in [2.45, 2.75) is 58.5 Å². The minimum Gasteiger partial charge on any atom is -0.311 e. The Morgan fingerprint density at radius 3 is 2.56 bits per heavy atom. The Balaban J connectivity index is 2.33. The van der Waals surface area contributed by atoms with Crippen molar-refractivity contribution in [1.29, 1.82) is 0 Å². The van der Waals surface area contributed by atoms with E-state index in [9.17, 15) is 4.21 Å². The summed E-state index contributed by atoms with van der Waals surface area (Å²) in [4.78, 5) is 0. The number of rotatable bonds is 5. The maximum absolute atomic E-state index is 11.1. The van der Waals surface area contributed by atoms with Crippen molar-refractivity contribution in [3.8, 4) is 0 Å². The first-order chi connectivity index (χ1) is 7.49. The van der Waals surface area contributed by atoms with Crippen molar-refractivity contribution in [2.24, 2.45) is 11.8 Å². The largest absolute Gasteiger partial charge is 0.311 e. The number of nitrogens with one attached hydrogen (secondary N) is 1. The van der Waals surface area contributed by atoms with Gasteiger partial charge in [0.2, 0.25) is 0 Å². The van der Waals surface area contributed by atoms with Crippen molar-refractivity contribution >= 4 is 10.8 Å². The first kappa shape index (κ1) is 14.2. The molecule has 4 unspecified atom stereocenters. The smallest absolute Gasteiger partial charge is 0.0383 e. The molecular weight excluding hydrogens is 218 g/mol. The molecule has 1 N–H and O–H groups in total. The molecule has 1 fully saturated rings. The SMILES string of the molecule is CC(CS(C)=O)NC1CCCC(C(C)C)C1. The van der Waals surface area contributed by atoms with Crippen molar-refractivity contribution < 1.29 is 4.21 Å². The molecule has 1 saturated carbocycles. The van der Waals surface area contributed by atoms with Gasteiger partial charge in [0, 0.05) is 34.9 Å². The molecular formula is C13H27NOS. The van der Waals surface area contributed by atoms with E-state index in [-0.39, 0.29) is 0 Å². The molecule has 96 valence electrons. The van der Waals surface area contributed by atoms with Crippen molar-refractivity contribution in [1.82, 2.24) is 5.32 Å². The van der Waals surface area contributed by atoms with Gasteiger partial charge in [-0.2, -0.15) is 0 Å². The van der Waals surface area contributed by atoms with Crippen LogP contribution in [0.1, 0.15) is 46.5 Å². The summed E-state index contributed by atoms with van der Waals surface area (Å²) >= 11 is 0. The predicted octanol–water partition coefficient (Wildman–Crippen LogP) is 2.56. The lowest BCUT2D eigenvalue weighted by Gasteiger charge is -2.33. The van der Waals surface area contributed by atoms with Crippen LogP contribution in [0.2, 0.25) is 0 Å². The molecule has 0 saturated heterocycles. The van der Waals surface area contributed by atoms with Crippen LogP contribution >= 0.6 is 0 Å². The normalized spacial score (nSPS) is 30.3. The highest BCUT2D eigenvalue weighted by Gasteiger charge is 2.24. The van der Waals surface area contributed by atoms with Crippen LogP contribution in [0.5, 0.6) is 0 Å². The van der Waals surface area contributed by atoms with Crippen LogP contribution in [0.25, 0.3) is 0 Å². The summed E-state index contributed by atoms with van der Waals surface area (Å²) in [5, 5.41) is 3.64. The van der Waals surface area contributed by atoms with E-state index in [1.54, 1.807) is 6.26 Å². The molecule has 2 nitrogen and oxygen atoms in total. The molecule has 0 aromatic heterocycles. The van der Waals surface area contributed by atoms with Crippen LogP contribution < -0.4 is 5.32 Å². The summed E-state index contributed by atoms with van der Waals surface area (Å²) in [7, 11) is -0.680. The molecule has 0 aromatic rings. The monoisotopic (exact) mass is 245 g/mol. The molecule has 0 aromatic carbocycles. The van der Waals surface area contributed by atoms with Crippen molar-refractivity contribution in [3.63, 3.8) is 0 Å². The average molecular weight is 245 g/mol. The zero-order valence-electron chi connectivity index (χ0n) is 11.2. The molecule has 0 heterocycles. The van der Waals surface area contributed by atoms with Gasteiger partial charge in [-0.15, -0.1) is 0 Å². The molecule has 0 bridgehead atoms. The molecule has 4 atom stereocenters. The van der Waals surface area contributed by atoms with E-state index in [0.717, 1.165) is 17.6 Å². The standard InChI is InChI=1S/C13H27NOS/c1-10(2)12-6-5-7-13(8-12)14-11(3)9-16(4)15/h10-14H,5-9H2,1-4H3. The zero-order chi connectivity index (χ0) is 12.1. The van der Waals surface area contributed by atoms with Gasteiger partial charge in [-0.3, -0.25) is 4.21 Å². The van der Waals surface area contributed by atoms with Gasteiger partial charge in [0.15, 0.2) is 0 Å². The molecule has 1 aliphatic rings. The molecule has 0 amide bonds. The van der Waals surface area contributed by atoms with E-state index in [1.165, 1.54) is 25.7 Å². The first-order valence-electron chi connectivity index (χ1n) is 6.55. The Labute approximate surface area is 103 Å². The fourth-order valence-corrected chi connectivity index (χ4v) is 3.59. The van der Waals surface area contributed by atoms with Gasteiger partial charge in [0.1, 0.15) is 0 Å². The second-order valence-electron chi connectivity index (χ2n) is 5.68. The van der Waals surface area contributed by atoms with Crippen LogP contribution in [-0.4, -0.2) is 28.3 Å². The van der Waals surface area contributed by atoms with E-state index in [4.69, 9.17) is 0 Å². The fraction of sp³-hybridized carbons (Fsp3) is 1.00. The number of hydrogen-bond acceptors (Lipinski definition) is 2. The predicted molar refractivity (Wildman–Crippen MR) is 72.1 cm³/mol. The van der Waals surface area contributed by atoms with E-state index in [2.05, 4.69) is 26.1 Å². The Hall–Kier alpha value is 0.110. The molecule has 0 spiro atoms. The van der Waals surface area contributed by atoms with Crippen LogP contribution in [-0.2, 0) is 10.8 Å². The molecule has 1 rings (SSSR count). The van der Waals surface area contributed by atoms with E-state index in [0.29, 0.717) is 12.1 Å². The zero-order valence-corrected chi connectivity index (χ0v) is 12.0. The fourth-order valence-electron chi connectivity index (χ4n) is 2.79. The van der Waals surface area contributed by atoms with Crippen molar-refractivity contribution in [3.05, 3.63) is 0 Å². The topological polar surface area (TPSA) is 29.1 Å². The summed E-state index contributed by atoms with van der Waals surface area (Å²) in [5.74, 6) is 2.47. The van der Waals surface area contributed by atoms with E-state index >= 15 is 0 Å². The van der Waals surface area contributed by atoms with Crippen molar-refractivity contribution in [2.75, 3.05) is 12.0 Å². The summed E-state index contributed by atoms with van der Waals surface area (Å²) in [6.07, 6.45) is 7.13. The molecule has 0 aliphatic heterocycles. The van der Waals surface area contributed by atoms with Gasteiger partial charge in [-0.1, -0.05) is 26.7 Å². The minimum absolute atomic E-state index is 0.391. The van der Waals surface area contributed by atoms with E-state index < -0.39 is 10.8 Å². The minimum atomic E-state index is -0.680. The number of hydrogen-bond donors (Lipinski definition) is 1. The Morgan fingerprint density at radius 2 is 2.00 bits per heavy atom. The summed E-state index contributed by atoms with van der Waals surface area (Å²) in [5.41, 5.74) is 0.